The highest BCUT2D eigenvalue weighted by atomic mass is 79.9. The van der Waals surface area contributed by atoms with Gasteiger partial charge in [0.2, 0.25) is 0 Å². The Bertz CT molecular complexity index is 593. The molecule has 0 saturated carbocycles. The Balaban J connectivity index is 1.78. The quantitative estimate of drug-likeness (QED) is 0.469. The average molecular weight is 379 g/mol. The molecule has 1 aromatic rings. The van der Waals surface area contributed by atoms with Gasteiger partial charge in [-0.1, -0.05) is 28.1 Å². The maximum Gasteiger partial charge on any atom is 0.151 e. The summed E-state index contributed by atoms with van der Waals surface area (Å²) in [6, 6.07) is 6.36. The summed E-state index contributed by atoms with van der Waals surface area (Å²) in [6.07, 6.45) is 4.41. The topological polar surface area (TPSA) is 41.6 Å². The zero-order chi connectivity index (χ0) is 16.1. The minimum absolute atomic E-state index is 0.369. The molecule has 0 bridgehead atoms. The van der Waals surface area contributed by atoms with E-state index in [9.17, 15) is 4.79 Å². The van der Waals surface area contributed by atoms with Crippen molar-refractivity contribution in [3.8, 4) is 5.75 Å². The van der Waals surface area contributed by atoms with Gasteiger partial charge in [0, 0.05) is 35.6 Å². The summed E-state index contributed by atoms with van der Waals surface area (Å²) in [4.78, 5) is 13.8. The first-order valence-electron chi connectivity index (χ1n) is 8.38. The fourth-order valence-electron chi connectivity index (χ4n) is 3.39. The molecule has 2 heterocycles. The second-order valence-electron chi connectivity index (χ2n) is 6.11. The van der Waals surface area contributed by atoms with Gasteiger partial charge < -0.3 is 15.0 Å². The van der Waals surface area contributed by atoms with E-state index in [-0.39, 0.29) is 0 Å². The number of fused-ring (bicyclic) bond motifs is 1. The van der Waals surface area contributed by atoms with Crippen LogP contribution in [0.4, 0.5) is 0 Å². The van der Waals surface area contributed by atoms with Crippen LogP contribution in [0.15, 0.2) is 18.2 Å². The molecule has 124 valence electrons. The van der Waals surface area contributed by atoms with Gasteiger partial charge in [0.25, 0.3) is 0 Å². The van der Waals surface area contributed by atoms with Gasteiger partial charge in [-0.15, -0.1) is 0 Å². The van der Waals surface area contributed by atoms with Crippen LogP contribution in [0, 0.1) is 0 Å². The van der Waals surface area contributed by atoms with Crippen LogP contribution in [0.1, 0.15) is 36.8 Å². The molecule has 2 aliphatic rings. The van der Waals surface area contributed by atoms with Crippen molar-refractivity contribution in [3.63, 3.8) is 0 Å². The second kappa shape index (κ2) is 8.00. The predicted octanol–water partition coefficient (Wildman–Crippen LogP) is 2.98. The van der Waals surface area contributed by atoms with Gasteiger partial charge in [0.05, 0.1) is 6.61 Å². The Kier molecular flexibility index (Phi) is 5.76. The van der Waals surface area contributed by atoms with Gasteiger partial charge in [-0.25, -0.2) is 4.79 Å². The lowest BCUT2D eigenvalue weighted by Gasteiger charge is -2.32. The molecule has 3 rings (SSSR count). The number of ether oxygens (including phenoxy) is 1. The van der Waals surface area contributed by atoms with E-state index in [0.717, 1.165) is 67.5 Å². The third-order valence-electron chi connectivity index (χ3n) is 4.60. The first kappa shape index (κ1) is 16.6. The molecule has 0 amide bonds. The third kappa shape index (κ3) is 3.63. The van der Waals surface area contributed by atoms with Gasteiger partial charge in [0.1, 0.15) is 11.4 Å². The van der Waals surface area contributed by atoms with E-state index in [1.54, 1.807) is 0 Å². The monoisotopic (exact) mass is 378 g/mol. The first-order chi connectivity index (χ1) is 11.3. The lowest BCUT2D eigenvalue weighted by atomic mass is 10.1. The summed E-state index contributed by atoms with van der Waals surface area (Å²) in [5, 5.41) is 4.43. The van der Waals surface area contributed by atoms with Crippen LogP contribution in [0.2, 0.25) is 0 Å². The largest absolute Gasteiger partial charge is 0.493 e. The molecule has 0 aliphatic carbocycles. The first-order valence-corrected chi connectivity index (χ1v) is 9.50. The molecule has 5 heteroatoms. The molecular formula is C18H23BrN2O2. The lowest BCUT2D eigenvalue weighted by molar-refractivity contribution is 0.243. The fraction of sp³-hybridized carbons (Fsp3) is 0.556. The normalized spacial score (nSPS) is 20.3. The van der Waals surface area contributed by atoms with Gasteiger partial charge in [-0.3, -0.25) is 0 Å². The number of benzene rings is 1. The number of carbonyl (C=O) groups excluding carboxylic acids is 1. The Hall–Kier alpha value is -1.29. The highest BCUT2D eigenvalue weighted by molar-refractivity contribution is 9.09. The molecule has 1 fully saturated rings. The smallest absolute Gasteiger partial charge is 0.151 e. The molecule has 1 aromatic carbocycles. The van der Waals surface area contributed by atoms with E-state index in [4.69, 9.17) is 4.74 Å². The number of unbranched alkanes of at least 4 members (excludes halogenated alkanes) is 1. The van der Waals surface area contributed by atoms with Crippen molar-refractivity contribution >= 4 is 27.6 Å². The van der Waals surface area contributed by atoms with E-state index < -0.39 is 0 Å². The van der Waals surface area contributed by atoms with Crippen LogP contribution >= 0.6 is 15.9 Å². The molecule has 2 aliphatic heterocycles. The molecule has 1 saturated heterocycles. The van der Waals surface area contributed by atoms with Crippen LogP contribution in [0.5, 0.6) is 5.75 Å². The average Bonchev–Trinajstić information content (AvgIpc) is 2.99. The summed E-state index contributed by atoms with van der Waals surface area (Å²) < 4.78 is 5.97. The maximum atomic E-state index is 11.6. The number of alkyl halides is 1. The molecule has 4 nitrogen and oxygen atoms in total. The highest BCUT2D eigenvalue weighted by Gasteiger charge is 2.33. The second-order valence-corrected chi connectivity index (χ2v) is 6.90. The number of nitrogens with one attached hydrogen (secondary N) is 1. The Morgan fingerprint density at radius 2 is 2.30 bits per heavy atom. The molecule has 0 radical (unpaired) electrons. The van der Waals surface area contributed by atoms with Crippen LogP contribution in [-0.2, 0) is 11.3 Å². The SMILES string of the molecule is O=C=C1c2cccc(OCCCCBr)c2CN1C1CCCNC1. The van der Waals surface area contributed by atoms with E-state index in [1.165, 1.54) is 0 Å². The number of hydrogen-bond donors (Lipinski definition) is 1. The van der Waals surface area contributed by atoms with Crippen molar-refractivity contribution in [2.24, 2.45) is 0 Å². The van der Waals surface area contributed by atoms with E-state index >= 15 is 0 Å². The van der Waals surface area contributed by atoms with E-state index in [1.807, 2.05) is 18.2 Å². The highest BCUT2D eigenvalue weighted by Crippen LogP contribution is 2.39. The Morgan fingerprint density at radius 1 is 1.39 bits per heavy atom. The van der Waals surface area contributed by atoms with Gasteiger partial charge in [0.15, 0.2) is 5.94 Å². The van der Waals surface area contributed by atoms with E-state index in [2.05, 4.69) is 32.1 Å². The molecule has 1 N–H and O–H groups in total. The molecule has 0 spiro atoms. The minimum Gasteiger partial charge on any atom is -0.493 e. The van der Waals surface area contributed by atoms with Crippen LogP contribution in [0.3, 0.4) is 0 Å². The van der Waals surface area contributed by atoms with Crippen LogP contribution in [0.25, 0.3) is 5.70 Å². The number of rotatable bonds is 6. The van der Waals surface area contributed by atoms with Crippen molar-refractivity contribution in [1.82, 2.24) is 10.2 Å². The molecule has 1 unspecified atom stereocenters. The zero-order valence-corrected chi connectivity index (χ0v) is 14.9. The minimum atomic E-state index is 0.369. The van der Waals surface area contributed by atoms with Crippen molar-refractivity contribution < 1.29 is 9.53 Å². The number of nitrogens with zero attached hydrogens (tertiary/aromatic N) is 1. The van der Waals surface area contributed by atoms with Crippen molar-refractivity contribution in [2.45, 2.75) is 38.3 Å². The summed E-state index contributed by atoms with van der Waals surface area (Å²) in [5.41, 5.74) is 2.82. The number of hydrogen-bond acceptors (Lipinski definition) is 4. The zero-order valence-electron chi connectivity index (χ0n) is 13.3. The third-order valence-corrected chi connectivity index (χ3v) is 5.16. The predicted molar refractivity (Wildman–Crippen MR) is 95.5 cm³/mol. The van der Waals surface area contributed by atoms with Gasteiger partial charge >= 0.3 is 0 Å². The Labute approximate surface area is 146 Å². The molecule has 0 aromatic heterocycles. The summed E-state index contributed by atoms with van der Waals surface area (Å²) >= 11 is 3.44. The fourth-order valence-corrected chi connectivity index (χ4v) is 3.79. The summed E-state index contributed by atoms with van der Waals surface area (Å²) in [6.45, 7) is 3.47. The van der Waals surface area contributed by atoms with Crippen molar-refractivity contribution in [1.29, 1.82) is 0 Å². The Morgan fingerprint density at radius 3 is 3.04 bits per heavy atom. The van der Waals surface area contributed by atoms with Crippen LogP contribution in [-0.4, -0.2) is 41.9 Å². The molecular weight excluding hydrogens is 356 g/mol. The van der Waals surface area contributed by atoms with Gasteiger partial charge in [-0.05, 0) is 38.3 Å². The lowest BCUT2D eigenvalue weighted by Crippen LogP contribution is -2.43. The number of piperidine rings is 1. The van der Waals surface area contributed by atoms with Gasteiger partial charge in [-0.2, -0.15) is 0 Å². The van der Waals surface area contributed by atoms with Crippen molar-refractivity contribution in [3.05, 3.63) is 29.3 Å². The van der Waals surface area contributed by atoms with Crippen LogP contribution < -0.4 is 10.1 Å². The summed E-state index contributed by atoms with van der Waals surface area (Å²) in [7, 11) is 0. The summed E-state index contributed by atoms with van der Waals surface area (Å²) in [5.74, 6) is 3.09. The van der Waals surface area contributed by atoms with E-state index in [0.29, 0.717) is 18.3 Å². The van der Waals surface area contributed by atoms with Crippen molar-refractivity contribution in [2.75, 3.05) is 25.0 Å². The maximum absolute atomic E-state index is 11.6. The number of halogens is 1. The standard InChI is InChI=1S/C18H23BrN2O2/c19-8-1-2-10-23-18-7-3-6-15-16(18)12-21(17(15)13-22)14-5-4-9-20-11-14/h3,6-7,14,20H,1-2,4-5,8-12H2. The molecule has 1 atom stereocenters. The molecule has 23 heavy (non-hydrogen) atoms.